The second-order valence-corrected chi connectivity index (χ2v) is 5.25. The molecule has 1 aliphatic heterocycles. The first-order valence-corrected chi connectivity index (χ1v) is 6.81. The fraction of sp³-hybridized carbons (Fsp3) is 0.692. The lowest BCUT2D eigenvalue weighted by Gasteiger charge is -2.27. The second-order valence-electron chi connectivity index (χ2n) is 5.25. The zero-order valence-electron chi connectivity index (χ0n) is 12.3. The maximum Gasteiger partial charge on any atom is 0.345 e. The lowest BCUT2D eigenvalue weighted by Crippen LogP contribution is -2.37. The zero-order chi connectivity index (χ0) is 14.7. The first kappa shape index (κ1) is 14.6. The number of esters is 1. The van der Waals surface area contributed by atoms with E-state index in [2.05, 4.69) is 18.9 Å². The molecule has 0 bridgehead atoms. The van der Waals surface area contributed by atoms with E-state index >= 15 is 0 Å². The molecule has 1 saturated heterocycles. The van der Waals surface area contributed by atoms with Crippen molar-refractivity contribution in [3.63, 3.8) is 0 Å². The Labute approximate surface area is 118 Å². The minimum Gasteiger partial charge on any atom is -0.465 e. The van der Waals surface area contributed by atoms with Crippen molar-refractivity contribution < 1.29 is 14.3 Å². The van der Waals surface area contributed by atoms with Crippen molar-refractivity contribution >= 4 is 17.6 Å². The van der Waals surface area contributed by atoms with Crippen LogP contribution >= 0.6 is 0 Å². The van der Waals surface area contributed by atoms with Crippen LogP contribution in [0.4, 0.5) is 11.6 Å². The maximum atomic E-state index is 12.0. The Hall–Kier alpha value is -1.76. The summed E-state index contributed by atoms with van der Waals surface area (Å²) in [5.74, 6) is 0.907. The molecule has 7 heteroatoms. The van der Waals surface area contributed by atoms with Crippen molar-refractivity contribution in [2.45, 2.75) is 20.4 Å². The third kappa shape index (κ3) is 2.87. The quantitative estimate of drug-likeness (QED) is 0.820. The molecule has 0 atom stereocenters. The summed E-state index contributed by atoms with van der Waals surface area (Å²) in [6, 6.07) is 0. The first-order valence-electron chi connectivity index (χ1n) is 6.81. The average Bonchev–Trinajstić information content (AvgIpc) is 2.76. The number of carbonyl (C=O) groups excluding carboxylic acids is 1. The smallest absolute Gasteiger partial charge is 0.345 e. The number of nitrogens with zero attached hydrogens (tertiary/aromatic N) is 3. The van der Waals surface area contributed by atoms with E-state index in [-0.39, 0.29) is 0 Å². The van der Waals surface area contributed by atoms with Gasteiger partial charge in [-0.25, -0.2) is 9.48 Å². The lowest BCUT2D eigenvalue weighted by molar-refractivity contribution is 0.0601. The van der Waals surface area contributed by atoms with Crippen LogP contribution in [0.25, 0.3) is 0 Å². The Balaban J connectivity index is 2.39. The molecule has 7 nitrogen and oxygen atoms in total. The predicted molar refractivity (Wildman–Crippen MR) is 75.8 cm³/mol. The first-order chi connectivity index (χ1) is 9.54. The van der Waals surface area contributed by atoms with E-state index < -0.39 is 5.97 Å². The van der Waals surface area contributed by atoms with Gasteiger partial charge in [-0.3, -0.25) is 0 Å². The number of carbonyl (C=O) groups is 1. The van der Waals surface area contributed by atoms with Crippen LogP contribution < -0.4 is 10.6 Å². The molecule has 1 fully saturated rings. The minimum absolute atomic E-state index is 0.357. The van der Waals surface area contributed by atoms with Gasteiger partial charge in [0.05, 0.1) is 20.3 Å². The monoisotopic (exact) mass is 282 g/mol. The van der Waals surface area contributed by atoms with Gasteiger partial charge in [0.1, 0.15) is 11.4 Å². The molecule has 20 heavy (non-hydrogen) atoms. The summed E-state index contributed by atoms with van der Waals surface area (Å²) in [4.78, 5) is 14.0. The van der Waals surface area contributed by atoms with Crippen LogP contribution in [0.5, 0.6) is 0 Å². The third-order valence-corrected chi connectivity index (χ3v) is 3.21. The number of morpholine rings is 1. The van der Waals surface area contributed by atoms with Crippen LogP contribution in [0.2, 0.25) is 0 Å². The third-order valence-electron chi connectivity index (χ3n) is 3.21. The number of hydrogen-bond donors (Lipinski definition) is 1. The number of nitrogens with two attached hydrogens (primary N) is 1. The van der Waals surface area contributed by atoms with Crippen molar-refractivity contribution in [2.75, 3.05) is 44.0 Å². The van der Waals surface area contributed by atoms with Crippen LogP contribution in [-0.2, 0) is 16.0 Å². The molecular formula is C13H22N4O3. The van der Waals surface area contributed by atoms with Gasteiger partial charge in [0.2, 0.25) is 0 Å². The van der Waals surface area contributed by atoms with Gasteiger partial charge in [0, 0.05) is 19.6 Å². The minimum atomic E-state index is -0.445. The van der Waals surface area contributed by atoms with Crippen LogP contribution in [-0.4, -0.2) is 49.2 Å². The van der Waals surface area contributed by atoms with Gasteiger partial charge < -0.3 is 20.1 Å². The lowest BCUT2D eigenvalue weighted by atomic mass is 10.2. The number of nitrogen functional groups attached to an aromatic ring is 1. The highest BCUT2D eigenvalue weighted by Gasteiger charge is 2.27. The highest BCUT2D eigenvalue weighted by Crippen LogP contribution is 2.27. The number of methoxy groups -OCH3 is 1. The van der Waals surface area contributed by atoms with Crippen LogP contribution in [0, 0.1) is 5.92 Å². The molecule has 0 unspecified atom stereocenters. The molecule has 0 radical (unpaired) electrons. The molecule has 112 valence electrons. The molecule has 0 saturated carbocycles. The summed E-state index contributed by atoms with van der Waals surface area (Å²) in [5.41, 5.74) is 6.43. The zero-order valence-corrected chi connectivity index (χ0v) is 12.3. The highest BCUT2D eigenvalue weighted by atomic mass is 16.5. The van der Waals surface area contributed by atoms with Crippen LogP contribution in [0.3, 0.4) is 0 Å². The van der Waals surface area contributed by atoms with E-state index in [1.54, 1.807) is 4.68 Å². The van der Waals surface area contributed by atoms with Gasteiger partial charge >= 0.3 is 5.97 Å². The van der Waals surface area contributed by atoms with Gasteiger partial charge in [-0.1, -0.05) is 13.8 Å². The molecule has 1 aromatic rings. The highest BCUT2D eigenvalue weighted by molar-refractivity contribution is 5.99. The fourth-order valence-corrected chi connectivity index (χ4v) is 2.24. The molecule has 1 aromatic heterocycles. The molecule has 1 aliphatic rings. The topological polar surface area (TPSA) is 82.6 Å². The van der Waals surface area contributed by atoms with E-state index in [9.17, 15) is 4.79 Å². The second kappa shape index (κ2) is 6.13. The molecule has 0 amide bonds. The van der Waals surface area contributed by atoms with E-state index in [0.29, 0.717) is 56.0 Å². The summed E-state index contributed by atoms with van der Waals surface area (Å²) in [5, 5.41) is 4.50. The van der Waals surface area contributed by atoms with E-state index in [4.69, 9.17) is 15.2 Å². The molecule has 2 N–H and O–H groups in total. The number of ether oxygens (including phenoxy) is 2. The van der Waals surface area contributed by atoms with Gasteiger partial charge in [-0.15, -0.1) is 0 Å². The number of anilines is 2. The van der Waals surface area contributed by atoms with Crippen molar-refractivity contribution in [2.24, 2.45) is 5.92 Å². The molecule has 0 aliphatic carbocycles. The van der Waals surface area contributed by atoms with Gasteiger partial charge in [0.15, 0.2) is 5.82 Å². The summed E-state index contributed by atoms with van der Waals surface area (Å²) in [7, 11) is 1.35. The van der Waals surface area contributed by atoms with Gasteiger partial charge in [-0.2, -0.15) is 5.10 Å². The number of rotatable bonds is 4. The van der Waals surface area contributed by atoms with Crippen LogP contribution in [0.1, 0.15) is 24.2 Å². The fourth-order valence-electron chi connectivity index (χ4n) is 2.24. The van der Waals surface area contributed by atoms with Crippen molar-refractivity contribution in [3.05, 3.63) is 5.56 Å². The Morgan fingerprint density at radius 1 is 1.45 bits per heavy atom. The normalized spacial score (nSPS) is 15.7. The summed E-state index contributed by atoms with van der Waals surface area (Å²) in [6.45, 7) is 7.46. The molecule has 0 spiro atoms. The van der Waals surface area contributed by atoms with Crippen LogP contribution in [0.15, 0.2) is 0 Å². The standard InChI is InChI=1S/C13H22N4O3/c1-9(2)8-17-11(14)10(13(18)19-3)12(15-17)16-4-6-20-7-5-16/h9H,4-8,14H2,1-3H3. The Kier molecular flexibility index (Phi) is 4.49. The van der Waals surface area contributed by atoms with E-state index in [1.165, 1.54) is 7.11 Å². The number of hydrogen-bond acceptors (Lipinski definition) is 6. The Morgan fingerprint density at radius 3 is 2.65 bits per heavy atom. The molecular weight excluding hydrogens is 260 g/mol. The Morgan fingerprint density at radius 2 is 2.10 bits per heavy atom. The van der Waals surface area contributed by atoms with Crippen molar-refractivity contribution in [1.29, 1.82) is 0 Å². The maximum absolute atomic E-state index is 12.0. The SMILES string of the molecule is COC(=O)c1c(N2CCOCC2)nn(CC(C)C)c1N. The Bertz CT molecular complexity index is 478. The van der Waals surface area contributed by atoms with Gasteiger partial charge in [-0.05, 0) is 5.92 Å². The van der Waals surface area contributed by atoms with Crippen molar-refractivity contribution in [3.8, 4) is 0 Å². The molecule has 2 rings (SSSR count). The van der Waals surface area contributed by atoms with Crippen molar-refractivity contribution in [1.82, 2.24) is 9.78 Å². The average molecular weight is 282 g/mol. The largest absolute Gasteiger partial charge is 0.465 e. The summed E-state index contributed by atoms with van der Waals surface area (Å²) >= 11 is 0. The number of aromatic nitrogens is 2. The molecule has 0 aromatic carbocycles. The van der Waals surface area contributed by atoms with E-state index in [1.807, 2.05) is 4.90 Å². The summed E-state index contributed by atoms with van der Waals surface area (Å²) in [6.07, 6.45) is 0. The predicted octanol–water partition coefficient (Wildman–Crippen LogP) is 0.744. The summed E-state index contributed by atoms with van der Waals surface area (Å²) < 4.78 is 11.8. The van der Waals surface area contributed by atoms with Gasteiger partial charge in [0.25, 0.3) is 0 Å². The molecule has 2 heterocycles. The van der Waals surface area contributed by atoms with E-state index in [0.717, 1.165) is 0 Å².